The van der Waals surface area contributed by atoms with Gasteiger partial charge in [0.15, 0.2) is 4.77 Å². The highest BCUT2D eigenvalue weighted by atomic mass is 32.1. The van der Waals surface area contributed by atoms with Crippen LogP contribution in [-0.4, -0.2) is 9.13 Å². The molecule has 19 heavy (non-hydrogen) atoms. The molecule has 0 saturated carbocycles. The Bertz CT molecular complexity index is 758. The third kappa shape index (κ3) is 2.38. The molecule has 0 aliphatic heterocycles. The van der Waals surface area contributed by atoms with E-state index in [0.717, 1.165) is 16.8 Å². The number of terminal acetylenes is 1. The third-order valence-electron chi connectivity index (χ3n) is 2.98. The predicted octanol–water partition coefficient (Wildman–Crippen LogP) is 2.62. The molecule has 96 valence electrons. The molecular formula is C15H14N2OS. The highest BCUT2D eigenvalue weighted by Gasteiger charge is 2.09. The van der Waals surface area contributed by atoms with Crippen molar-refractivity contribution in [2.24, 2.45) is 0 Å². The fourth-order valence-electron chi connectivity index (χ4n) is 2.10. The highest BCUT2D eigenvalue weighted by Crippen LogP contribution is 2.17. The topological polar surface area (TPSA) is 26.9 Å². The molecule has 0 aliphatic carbocycles. The maximum Gasteiger partial charge on any atom is 0.258 e. The second-order valence-corrected chi connectivity index (χ2v) is 4.71. The summed E-state index contributed by atoms with van der Waals surface area (Å²) in [5.74, 6) is 2.53. The van der Waals surface area contributed by atoms with Gasteiger partial charge in [0.2, 0.25) is 0 Å². The fraction of sp³-hybridized carbons (Fsp3) is 0.200. The van der Waals surface area contributed by atoms with Crippen molar-refractivity contribution in [3.63, 3.8) is 0 Å². The Morgan fingerprint density at radius 1 is 1.26 bits per heavy atom. The molecule has 1 aromatic carbocycles. The minimum Gasteiger partial charge on any atom is -0.313 e. The lowest BCUT2D eigenvalue weighted by Gasteiger charge is -2.14. The number of para-hydroxylation sites is 1. The SMILES string of the molecule is C#CCn1ccc(=O)n(-c2c(C)cccc2C)c1=S. The van der Waals surface area contributed by atoms with Crippen molar-refractivity contribution in [2.75, 3.05) is 0 Å². The van der Waals surface area contributed by atoms with Gasteiger partial charge >= 0.3 is 0 Å². The molecule has 0 radical (unpaired) electrons. The molecule has 0 bridgehead atoms. The maximum atomic E-state index is 12.1. The lowest BCUT2D eigenvalue weighted by molar-refractivity contribution is 0.730. The van der Waals surface area contributed by atoms with Crippen LogP contribution in [0.15, 0.2) is 35.3 Å². The van der Waals surface area contributed by atoms with E-state index in [1.54, 1.807) is 10.8 Å². The Kier molecular flexibility index (Phi) is 3.68. The molecule has 0 fully saturated rings. The molecule has 2 aromatic rings. The summed E-state index contributed by atoms with van der Waals surface area (Å²) < 4.78 is 3.67. The Morgan fingerprint density at radius 2 is 1.89 bits per heavy atom. The Balaban J connectivity index is 2.84. The van der Waals surface area contributed by atoms with E-state index in [1.165, 1.54) is 10.6 Å². The van der Waals surface area contributed by atoms with E-state index in [-0.39, 0.29) is 5.56 Å². The van der Waals surface area contributed by atoms with Crippen LogP contribution in [0.3, 0.4) is 0 Å². The summed E-state index contributed by atoms with van der Waals surface area (Å²) in [7, 11) is 0. The average molecular weight is 270 g/mol. The number of rotatable bonds is 2. The second kappa shape index (κ2) is 5.25. The zero-order chi connectivity index (χ0) is 14.0. The summed E-state index contributed by atoms with van der Waals surface area (Å²) in [6, 6.07) is 7.36. The van der Waals surface area contributed by atoms with Gasteiger partial charge in [0.05, 0.1) is 12.2 Å². The van der Waals surface area contributed by atoms with Crippen molar-refractivity contribution in [3.8, 4) is 18.0 Å². The summed E-state index contributed by atoms with van der Waals surface area (Å²) in [6.07, 6.45) is 6.95. The normalized spacial score (nSPS) is 10.2. The van der Waals surface area contributed by atoms with E-state index >= 15 is 0 Å². The minimum atomic E-state index is -0.143. The van der Waals surface area contributed by atoms with Gasteiger partial charge in [-0.05, 0) is 37.2 Å². The molecule has 0 saturated heterocycles. The molecule has 2 rings (SSSR count). The lowest BCUT2D eigenvalue weighted by Crippen LogP contribution is -2.23. The van der Waals surface area contributed by atoms with Crippen LogP contribution in [0.25, 0.3) is 5.69 Å². The van der Waals surface area contributed by atoms with Crippen molar-refractivity contribution >= 4 is 12.2 Å². The Morgan fingerprint density at radius 3 is 2.47 bits per heavy atom. The summed E-state index contributed by atoms with van der Waals surface area (Å²) in [5.41, 5.74) is 2.71. The van der Waals surface area contributed by atoms with E-state index in [2.05, 4.69) is 5.92 Å². The zero-order valence-corrected chi connectivity index (χ0v) is 11.7. The van der Waals surface area contributed by atoms with Gasteiger partial charge in [0, 0.05) is 12.3 Å². The van der Waals surface area contributed by atoms with E-state index < -0.39 is 0 Å². The molecule has 0 spiro atoms. The summed E-state index contributed by atoms with van der Waals surface area (Å²) in [6.45, 7) is 4.27. The Labute approximate surface area is 117 Å². The summed E-state index contributed by atoms with van der Waals surface area (Å²) in [5, 5.41) is 0. The number of aromatic nitrogens is 2. The monoisotopic (exact) mass is 270 g/mol. The van der Waals surface area contributed by atoms with Gasteiger partial charge in [-0.3, -0.25) is 9.36 Å². The van der Waals surface area contributed by atoms with Crippen molar-refractivity contribution < 1.29 is 0 Å². The number of hydrogen-bond acceptors (Lipinski definition) is 2. The van der Waals surface area contributed by atoms with Crippen LogP contribution in [-0.2, 0) is 6.54 Å². The molecule has 1 heterocycles. The minimum absolute atomic E-state index is 0.143. The second-order valence-electron chi connectivity index (χ2n) is 4.34. The van der Waals surface area contributed by atoms with Crippen LogP contribution in [0.4, 0.5) is 0 Å². The highest BCUT2D eigenvalue weighted by molar-refractivity contribution is 7.71. The summed E-state index contributed by atoms with van der Waals surface area (Å²) >= 11 is 5.38. The molecule has 0 atom stereocenters. The Hall–Kier alpha value is -2.12. The number of hydrogen-bond donors (Lipinski definition) is 0. The third-order valence-corrected chi connectivity index (χ3v) is 3.40. The first-order valence-electron chi connectivity index (χ1n) is 5.89. The first-order chi connectivity index (χ1) is 9.06. The first kappa shape index (κ1) is 13.3. The quantitative estimate of drug-likeness (QED) is 0.619. The first-order valence-corrected chi connectivity index (χ1v) is 6.29. The van der Waals surface area contributed by atoms with Gasteiger partial charge in [-0.25, -0.2) is 0 Å². The lowest BCUT2D eigenvalue weighted by atomic mass is 10.1. The van der Waals surface area contributed by atoms with Gasteiger partial charge in [-0.15, -0.1) is 6.42 Å². The molecule has 1 aromatic heterocycles. The van der Waals surface area contributed by atoms with Crippen molar-refractivity contribution in [1.82, 2.24) is 9.13 Å². The molecule has 0 aliphatic rings. The van der Waals surface area contributed by atoms with Gasteiger partial charge in [0.1, 0.15) is 0 Å². The van der Waals surface area contributed by atoms with E-state index in [4.69, 9.17) is 18.6 Å². The number of aryl methyl sites for hydroxylation is 2. The van der Waals surface area contributed by atoms with E-state index in [1.807, 2.05) is 32.0 Å². The molecule has 3 nitrogen and oxygen atoms in total. The van der Waals surface area contributed by atoms with Crippen LogP contribution >= 0.6 is 12.2 Å². The number of benzene rings is 1. The smallest absolute Gasteiger partial charge is 0.258 e. The van der Waals surface area contributed by atoms with Crippen molar-refractivity contribution in [1.29, 1.82) is 0 Å². The van der Waals surface area contributed by atoms with Crippen LogP contribution in [0.2, 0.25) is 0 Å². The van der Waals surface area contributed by atoms with Gasteiger partial charge in [-0.1, -0.05) is 24.1 Å². The fourth-order valence-corrected chi connectivity index (χ4v) is 2.40. The standard InChI is InChI=1S/C15H14N2OS/c1-4-9-16-10-8-13(18)17(15(16)19)14-11(2)6-5-7-12(14)3/h1,5-8,10H,9H2,2-3H3. The predicted molar refractivity (Wildman–Crippen MR) is 79.2 cm³/mol. The molecule has 4 heteroatoms. The van der Waals surface area contributed by atoms with E-state index in [0.29, 0.717) is 11.3 Å². The molecule has 0 N–H and O–H groups in total. The number of nitrogens with zero attached hydrogens (tertiary/aromatic N) is 2. The molecule has 0 unspecified atom stereocenters. The van der Waals surface area contributed by atoms with Crippen molar-refractivity contribution in [3.05, 3.63) is 56.7 Å². The van der Waals surface area contributed by atoms with E-state index in [9.17, 15) is 4.79 Å². The zero-order valence-electron chi connectivity index (χ0n) is 10.9. The average Bonchev–Trinajstić information content (AvgIpc) is 2.36. The van der Waals surface area contributed by atoms with Crippen LogP contribution in [0.5, 0.6) is 0 Å². The molecule has 0 amide bonds. The van der Waals surface area contributed by atoms with Gasteiger partial charge < -0.3 is 4.57 Å². The van der Waals surface area contributed by atoms with Crippen LogP contribution in [0, 0.1) is 31.0 Å². The molecular weight excluding hydrogens is 256 g/mol. The van der Waals surface area contributed by atoms with Gasteiger partial charge in [-0.2, -0.15) is 0 Å². The maximum absolute atomic E-state index is 12.1. The summed E-state index contributed by atoms with van der Waals surface area (Å²) in [4.78, 5) is 12.1. The van der Waals surface area contributed by atoms with Crippen LogP contribution in [0.1, 0.15) is 11.1 Å². The van der Waals surface area contributed by atoms with Crippen molar-refractivity contribution in [2.45, 2.75) is 20.4 Å². The largest absolute Gasteiger partial charge is 0.313 e. The van der Waals surface area contributed by atoms with Gasteiger partial charge in [0.25, 0.3) is 5.56 Å². The van der Waals surface area contributed by atoms with Crippen LogP contribution < -0.4 is 5.56 Å².